The van der Waals surface area contributed by atoms with Gasteiger partial charge in [-0.1, -0.05) is 106 Å². The zero-order valence-corrected chi connectivity index (χ0v) is 26.9. The Bertz CT molecular complexity index is 2060. The maximum atomic E-state index is 14.1. The molecule has 8 rings (SSSR count). The van der Waals surface area contributed by atoms with Crippen LogP contribution in [0, 0.1) is 31.6 Å². The highest BCUT2D eigenvalue weighted by atomic mass is 16.6. The Balaban J connectivity index is 1.52. The molecule has 0 bridgehead atoms. The number of amides is 1. The molecule has 0 unspecified atom stereocenters. The van der Waals surface area contributed by atoms with Crippen LogP contribution in [0.5, 0.6) is 5.75 Å². The first-order valence-electron chi connectivity index (χ1n) is 15.8. The Kier molecular flexibility index (Phi) is 5.81. The highest BCUT2D eigenvalue weighted by Crippen LogP contribution is 2.59. The number of aryl methyl sites for hydroxylation is 3. The summed E-state index contributed by atoms with van der Waals surface area (Å²) in [6.07, 6.45) is 0.562. The number of fused-ring (bicyclic) bond motifs is 1. The summed E-state index contributed by atoms with van der Waals surface area (Å²) < 4.78 is 6.22. The fourth-order valence-corrected chi connectivity index (χ4v) is 8.69. The van der Waals surface area contributed by atoms with Gasteiger partial charge in [-0.05, 0) is 66.2 Å². The average molecular weight is 590 g/mol. The minimum atomic E-state index is -0.332. The summed E-state index contributed by atoms with van der Waals surface area (Å²) in [6, 6.07) is 27.2. The molecule has 0 N–H and O–H groups in total. The normalized spacial score (nSPS) is 17.5. The number of benzene rings is 4. The van der Waals surface area contributed by atoms with Gasteiger partial charge in [0, 0.05) is 27.6 Å². The minimum Gasteiger partial charge on any atom is -0.409 e. The van der Waals surface area contributed by atoms with E-state index in [0.717, 1.165) is 73.4 Å². The van der Waals surface area contributed by atoms with Gasteiger partial charge in [0.15, 0.2) is 0 Å². The zero-order valence-electron chi connectivity index (χ0n) is 26.9. The summed E-state index contributed by atoms with van der Waals surface area (Å²) in [5.74, 6) is 0.665. The van der Waals surface area contributed by atoms with Crippen molar-refractivity contribution < 1.29 is 9.53 Å². The van der Waals surface area contributed by atoms with E-state index in [4.69, 9.17) is 14.7 Å². The molecule has 1 aromatic heterocycles. The number of hydrogen-bond donors (Lipinski definition) is 0. The maximum absolute atomic E-state index is 14.1. The van der Waals surface area contributed by atoms with E-state index in [9.17, 15) is 4.79 Å². The number of anilines is 1. The van der Waals surface area contributed by atoms with Crippen LogP contribution < -0.4 is 20.8 Å². The van der Waals surface area contributed by atoms with Crippen LogP contribution in [-0.4, -0.2) is 22.8 Å². The standard InChI is InChI=1S/C39H36BN3O2/c1-22-18-24(3)33-31-30(22)23(2)19-27-32(31)43(37(44)45-33)35-34(38(4,5)21-39(35,6)7)40(27)36-41-28(25-14-10-8-11-15-25)20-29(42-36)26-16-12-9-13-17-26/h8-20H,21H2,1-7H3. The van der Waals surface area contributed by atoms with Gasteiger partial charge in [-0.25, -0.2) is 19.7 Å². The summed E-state index contributed by atoms with van der Waals surface area (Å²) in [5, 5.41) is 2.16. The van der Waals surface area contributed by atoms with E-state index in [1.807, 2.05) is 24.0 Å². The number of carbonyl (C=O) groups excluding carboxylic acids is 1. The second-order valence-corrected chi connectivity index (χ2v) is 14.3. The number of allylic oxidation sites excluding steroid dienone is 2. The second kappa shape index (κ2) is 9.40. The van der Waals surface area contributed by atoms with Gasteiger partial charge in [0.25, 0.3) is 6.71 Å². The highest BCUT2D eigenvalue weighted by molar-refractivity contribution is 6.92. The SMILES string of the molecule is Cc1cc(C)c2c(C)cc3c4c2c1OC(=O)N4C1=C(B3c2nc(-c3ccccc3)cc(-c3ccccc3)n2)C(C)(C)CC1(C)C. The number of carbonyl (C=O) groups is 1. The van der Waals surface area contributed by atoms with E-state index >= 15 is 0 Å². The van der Waals surface area contributed by atoms with Gasteiger partial charge in [0.2, 0.25) is 0 Å². The third kappa shape index (κ3) is 3.97. The van der Waals surface area contributed by atoms with Crippen LogP contribution in [0.1, 0.15) is 50.8 Å². The van der Waals surface area contributed by atoms with Crippen molar-refractivity contribution in [2.24, 2.45) is 10.8 Å². The Morgan fingerprint density at radius 3 is 1.91 bits per heavy atom. The molecule has 4 aromatic carbocycles. The first-order valence-corrected chi connectivity index (χ1v) is 15.8. The molecule has 1 amide bonds. The van der Waals surface area contributed by atoms with Crippen molar-refractivity contribution in [1.82, 2.24) is 9.97 Å². The van der Waals surface area contributed by atoms with Crippen LogP contribution >= 0.6 is 0 Å². The molecule has 3 heterocycles. The molecule has 6 heteroatoms. The summed E-state index contributed by atoms with van der Waals surface area (Å²) in [5.41, 5.74) is 11.7. The molecule has 2 aliphatic heterocycles. The van der Waals surface area contributed by atoms with Gasteiger partial charge in [0.05, 0.1) is 22.8 Å². The number of nitrogens with zero attached hydrogens (tertiary/aromatic N) is 3. The molecule has 0 spiro atoms. The summed E-state index contributed by atoms with van der Waals surface area (Å²) >= 11 is 0. The molecule has 0 saturated carbocycles. The third-order valence-corrected chi connectivity index (χ3v) is 10.0. The predicted molar refractivity (Wildman–Crippen MR) is 184 cm³/mol. The molecule has 0 radical (unpaired) electrons. The molecule has 45 heavy (non-hydrogen) atoms. The topological polar surface area (TPSA) is 55.3 Å². The van der Waals surface area contributed by atoms with Gasteiger partial charge in [-0.3, -0.25) is 0 Å². The van der Waals surface area contributed by atoms with Crippen molar-refractivity contribution in [3.05, 3.63) is 107 Å². The van der Waals surface area contributed by atoms with Crippen LogP contribution in [0.2, 0.25) is 0 Å². The van der Waals surface area contributed by atoms with Gasteiger partial charge in [0.1, 0.15) is 5.75 Å². The zero-order chi connectivity index (χ0) is 31.4. The van der Waals surface area contributed by atoms with E-state index in [0.29, 0.717) is 5.75 Å². The lowest BCUT2D eigenvalue weighted by atomic mass is 9.34. The van der Waals surface area contributed by atoms with Crippen molar-refractivity contribution in [2.45, 2.75) is 54.9 Å². The van der Waals surface area contributed by atoms with Gasteiger partial charge in [-0.2, -0.15) is 0 Å². The van der Waals surface area contributed by atoms with Gasteiger partial charge < -0.3 is 4.74 Å². The quantitative estimate of drug-likeness (QED) is 0.200. The van der Waals surface area contributed by atoms with Crippen LogP contribution in [0.15, 0.2) is 90.0 Å². The smallest absolute Gasteiger partial charge is 0.409 e. The molecule has 5 nitrogen and oxygen atoms in total. The van der Waals surface area contributed by atoms with E-state index in [1.54, 1.807) is 0 Å². The number of ether oxygens (including phenoxy) is 1. The molecule has 1 aliphatic carbocycles. The minimum absolute atomic E-state index is 0.216. The molecule has 222 valence electrons. The first kappa shape index (κ1) is 27.8. The molecule has 0 fully saturated rings. The van der Waals surface area contributed by atoms with Crippen molar-refractivity contribution in [3.8, 4) is 28.3 Å². The van der Waals surface area contributed by atoms with Crippen LogP contribution in [0.25, 0.3) is 33.3 Å². The Morgan fingerprint density at radius 1 is 0.733 bits per heavy atom. The maximum Gasteiger partial charge on any atom is 0.424 e. The summed E-state index contributed by atoms with van der Waals surface area (Å²) in [6.45, 7) is 15.2. The molecular formula is C39H36BN3O2. The van der Waals surface area contributed by atoms with E-state index < -0.39 is 0 Å². The highest BCUT2D eigenvalue weighted by Gasteiger charge is 2.57. The summed E-state index contributed by atoms with van der Waals surface area (Å²) in [7, 11) is 0. The fourth-order valence-electron chi connectivity index (χ4n) is 8.69. The average Bonchev–Trinajstić information content (AvgIpc) is 3.21. The Hall–Kier alpha value is -4.71. The number of hydrogen-bond acceptors (Lipinski definition) is 4. The summed E-state index contributed by atoms with van der Waals surface area (Å²) in [4.78, 5) is 26.8. The van der Waals surface area contributed by atoms with Crippen molar-refractivity contribution in [3.63, 3.8) is 0 Å². The fraction of sp³-hybridized carbons (Fsp3) is 0.256. The number of aromatic nitrogens is 2. The largest absolute Gasteiger partial charge is 0.424 e. The van der Waals surface area contributed by atoms with Crippen LogP contribution in [0.3, 0.4) is 0 Å². The molecule has 3 aliphatic rings. The molecule has 5 aromatic rings. The van der Waals surface area contributed by atoms with Crippen LogP contribution in [0.4, 0.5) is 10.5 Å². The van der Waals surface area contributed by atoms with Gasteiger partial charge >= 0.3 is 6.09 Å². The molecule has 0 saturated heterocycles. The van der Waals surface area contributed by atoms with E-state index in [1.165, 1.54) is 11.0 Å². The molecule has 0 atom stereocenters. The number of rotatable bonds is 3. The van der Waals surface area contributed by atoms with Crippen molar-refractivity contribution >= 4 is 40.5 Å². The van der Waals surface area contributed by atoms with Crippen molar-refractivity contribution in [2.75, 3.05) is 4.90 Å². The van der Waals surface area contributed by atoms with Crippen molar-refractivity contribution in [1.29, 1.82) is 0 Å². The Morgan fingerprint density at radius 2 is 1.31 bits per heavy atom. The second-order valence-electron chi connectivity index (χ2n) is 14.3. The lowest BCUT2D eigenvalue weighted by Gasteiger charge is -2.42. The van der Waals surface area contributed by atoms with Gasteiger partial charge in [-0.15, -0.1) is 0 Å². The third-order valence-electron chi connectivity index (χ3n) is 10.0. The lowest BCUT2D eigenvalue weighted by molar-refractivity contribution is 0.206. The Labute approximate surface area is 265 Å². The molecular weight excluding hydrogens is 553 g/mol. The van der Waals surface area contributed by atoms with Crippen LogP contribution in [-0.2, 0) is 0 Å². The van der Waals surface area contributed by atoms with E-state index in [2.05, 4.69) is 108 Å². The van der Waals surface area contributed by atoms with E-state index in [-0.39, 0.29) is 23.6 Å². The first-order chi connectivity index (χ1) is 21.5. The lowest BCUT2D eigenvalue weighted by Crippen LogP contribution is -2.57. The predicted octanol–water partition coefficient (Wildman–Crippen LogP) is 8.08. The monoisotopic (exact) mass is 589 g/mol.